The van der Waals surface area contributed by atoms with Crippen LogP contribution in [-0.4, -0.2) is 60.0 Å². The maximum Gasteiger partial charge on any atom is 0.494 e. The van der Waals surface area contributed by atoms with Crippen molar-refractivity contribution in [1.82, 2.24) is 19.5 Å². The minimum absolute atomic E-state index is 0.0673. The van der Waals surface area contributed by atoms with Crippen molar-refractivity contribution in [3.63, 3.8) is 0 Å². The van der Waals surface area contributed by atoms with E-state index in [2.05, 4.69) is 15.0 Å². The molecule has 0 amide bonds. The van der Waals surface area contributed by atoms with E-state index in [0.717, 1.165) is 11.0 Å². The van der Waals surface area contributed by atoms with Crippen LogP contribution in [0.5, 0.6) is 0 Å². The molecule has 2 saturated heterocycles. The van der Waals surface area contributed by atoms with Crippen LogP contribution in [0.4, 0.5) is 5.82 Å². The molecule has 4 heterocycles. The second kappa shape index (κ2) is 8.94. The third kappa shape index (κ3) is 4.04. The summed E-state index contributed by atoms with van der Waals surface area (Å²) in [5.41, 5.74) is 8.62. The average Bonchev–Trinajstić information content (AvgIpc) is 3.58. The number of imidazole rings is 1. The summed E-state index contributed by atoms with van der Waals surface area (Å²) in [6, 6.07) is 15.9. The number of ether oxygens (including phenoxy) is 1. The van der Waals surface area contributed by atoms with Crippen LogP contribution in [0.25, 0.3) is 11.2 Å². The Morgan fingerprint density at radius 2 is 1.78 bits per heavy atom. The van der Waals surface area contributed by atoms with Gasteiger partial charge in [-0.05, 0) is 24.5 Å². The van der Waals surface area contributed by atoms with Crippen molar-refractivity contribution in [3.05, 3.63) is 72.8 Å². The Kier molecular flexibility index (Phi) is 5.73. The van der Waals surface area contributed by atoms with E-state index in [-0.39, 0.29) is 17.3 Å². The van der Waals surface area contributed by atoms with Gasteiger partial charge in [-0.1, -0.05) is 48.0 Å². The van der Waals surface area contributed by atoms with Crippen molar-refractivity contribution in [1.29, 1.82) is 0 Å². The largest absolute Gasteiger partial charge is 0.494 e. The molecule has 0 spiro atoms. The number of aryl methyl sites for hydroxylation is 1. The molecule has 2 N–H and O–H groups in total. The first-order valence-electron chi connectivity index (χ1n) is 11.3. The van der Waals surface area contributed by atoms with Crippen LogP contribution in [0.2, 0.25) is 0 Å². The Morgan fingerprint density at radius 1 is 1.03 bits per heavy atom. The Balaban J connectivity index is 1.29. The van der Waals surface area contributed by atoms with E-state index in [9.17, 15) is 8.42 Å². The summed E-state index contributed by atoms with van der Waals surface area (Å²) >= 11 is 0. The SMILES string of the molecule is Cc1ccc(S(=O)(=O)OC[C@H]2O[C@@H](n3cnc4c(N)ncnc43)C3OB(c4ccccc4)OC32)cc1. The van der Waals surface area contributed by atoms with Crippen LogP contribution in [0.1, 0.15) is 11.8 Å². The van der Waals surface area contributed by atoms with E-state index in [1.54, 1.807) is 23.0 Å². The maximum atomic E-state index is 12.8. The maximum absolute atomic E-state index is 12.8. The first kappa shape index (κ1) is 23.1. The molecule has 2 fully saturated rings. The lowest BCUT2D eigenvalue weighted by Gasteiger charge is -2.20. The molecule has 6 rings (SSSR count). The standard InChI is InChI=1S/C23H22BN5O6S/c1-14-7-9-16(10-8-14)36(30,31)32-11-17-19-20(35-24(34-19)15-5-3-2-4-6-15)23(33-17)29-13-28-18-21(25)26-12-27-22(18)29/h2-10,12-13,17,19-20,23H,11H2,1H3,(H2,25,26,27)/t17-,19?,20?,23-/m1/s1. The molecule has 36 heavy (non-hydrogen) atoms. The molecule has 0 radical (unpaired) electrons. The summed E-state index contributed by atoms with van der Waals surface area (Å²) < 4.78 is 51.4. The van der Waals surface area contributed by atoms with Crippen LogP contribution in [0.15, 0.2) is 72.1 Å². The molecule has 2 aromatic heterocycles. The molecule has 4 atom stereocenters. The van der Waals surface area contributed by atoms with Gasteiger partial charge in [-0.25, -0.2) is 15.0 Å². The van der Waals surface area contributed by atoms with Gasteiger partial charge in [-0.15, -0.1) is 0 Å². The van der Waals surface area contributed by atoms with Gasteiger partial charge in [0.05, 0.1) is 17.8 Å². The zero-order valence-electron chi connectivity index (χ0n) is 19.2. The summed E-state index contributed by atoms with van der Waals surface area (Å²) in [4.78, 5) is 12.7. The van der Waals surface area contributed by atoms with Crippen LogP contribution in [-0.2, 0) is 28.3 Å². The number of hydrogen-bond donors (Lipinski definition) is 1. The lowest BCUT2D eigenvalue weighted by molar-refractivity contribution is -0.0525. The molecular formula is C23H22BN5O6S. The fourth-order valence-corrected chi connectivity index (χ4v) is 5.36. The Morgan fingerprint density at radius 3 is 2.56 bits per heavy atom. The van der Waals surface area contributed by atoms with Gasteiger partial charge < -0.3 is 19.8 Å². The second-order valence-corrected chi connectivity index (χ2v) is 10.3. The number of rotatable bonds is 6. The van der Waals surface area contributed by atoms with Gasteiger partial charge in [0.15, 0.2) is 17.7 Å². The predicted octanol–water partition coefficient (Wildman–Crippen LogP) is 1.20. The molecule has 2 aliphatic heterocycles. The van der Waals surface area contributed by atoms with Crippen LogP contribution < -0.4 is 11.2 Å². The second-order valence-electron chi connectivity index (χ2n) is 8.64. The third-order valence-electron chi connectivity index (χ3n) is 6.28. The summed E-state index contributed by atoms with van der Waals surface area (Å²) in [5.74, 6) is 0.239. The first-order chi connectivity index (χ1) is 17.4. The Hall–Kier alpha value is -3.36. The van der Waals surface area contributed by atoms with Crippen molar-refractivity contribution < 1.29 is 26.6 Å². The van der Waals surface area contributed by atoms with Crippen molar-refractivity contribution in [2.24, 2.45) is 0 Å². The summed E-state index contributed by atoms with van der Waals surface area (Å²) in [6.45, 7) is 1.62. The van der Waals surface area contributed by atoms with Gasteiger partial charge in [-0.3, -0.25) is 8.75 Å². The van der Waals surface area contributed by atoms with Crippen molar-refractivity contribution in [3.8, 4) is 0 Å². The molecule has 0 saturated carbocycles. The number of anilines is 1. The molecule has 13 heteroatoms. The molecule has 2 unspecified atom stereocenters. The minimum atomic E-state index is -4.00. The highest BCUT2D eigenvalue weighted by Gasteiger charge is 2.55. The number of hydrogen-bond acceptors (Lipinski definition) is 10. The molecule has 0 bridgehead atoms. The highest BCUT2D eigenvalue weighted by atomic mass is 32.2. The molecule has 11 nitrogen and oxygen atoms in total. The quantitative estimate of drug-likeness (QED) is 0.299. The number of benzene rings is 2. The average molecular weight is 507 g/mol. The normalized spacial score (nSPS) is 23.9. The van der Waals surface area contributed by atoms with Gasteiger partial charge in [-0.2, -0.15) is 8.42 Å². The van der Waals surface area contributed by atoms with Gasteiger partial charge in [0.25, 0.3) is 10.1 Å². The highest BCUT2D eigenvalue weighted by Crippen LogP contribution is 2.40. The number of nitrogen functional groups attached to an aromatic ring is 1. The van der Waals surface area contributed by atoms with Gasteiger partial charge >= 0.3 is 7.12 Å². The van der Waals surface area contributed by atoms with Gasteiger partial charge in [0.1, 0.15) is 30.2 Å². The van der Waals surface area contributed by atoms with E-state index in [1.165, 1.54) is 18.5 Å². The predicted molar refractivity (Wildman–Crippen MR) is 130 cm³/mol. The summed E-state index contributed by atoms with van der Waals surface area (Å²) in [7, 11) is -4.66. The lowest BCUT2D eigenvalue weighted by Crippen LogP contribution is -2.37. The van der Waals surface area contributed by atoms with Gasteiger partial charge in [0, 0.05) is 0 Å². The molecular weight excluding hydrogens is 485 g/mol. The summed E-state index contributed by atoms with van der Waals surface area (Å²) in [5, 5.41) is 0. The Bertz CT molecular complexity index is 1500. The van der Waals surface area contributed by atoms with Crippen LogP contribution >= 0.6 is 0 Å². The van der Waals surface area contributed by atoms with Gasteiger partial charge in [0.2, 0.25) is 0 Å². The highest BCUT2D eigenvalue weighted by molar-refractivity contribution is 7.86. The fraction of sp³-hybridized carbons (Fsp3) is 0.261. The van der Waals surface area contributed by atoms with E-state index < -0.39 is 41.8 Å². The van der Waals surface area contributed by atoms with E-state index in [4.69, 9.17) is 24.0 Å². The third-order valence-corrected chi connectivity index (χ3v) is 7.57. The van der Waals surface area contributed by atoms with Crippen molar-refractivity contribution >= 4 is 39.7 Å². The van der Waals surface area contributed by atoms with Crippen molar-refractivity contribution in [2.75, 3.05) is 12.3 Å². The fourth-order valence-electron chi connectivity index (χ4n) is 4.45. The number of aromatic nitrogens is 4. The molecule has 2 aromatic carbocycles. The Labute approximate surface area is 207 Å². The van der Waals surface area contributed by atoms with E-state index in [1.807, 2.05) is 37.3 Å². The number of fused-ring (bicyclic) bond motifs is 2. The first-order valence-corrected chi connectivity index (χ1v) is 12.7. The minimum Gasteiger partial charge on any atom is -0.399 e. The van der Waals surface area contributed by atoms with E-state index in [0.29, 0.717) is 11.2 Å². The molecule has 184 valence electrons. The lowest BCUT2D eigenvalue weighted by atomic mass is 9.79. The van der Waals surface area contributed by atoms with Crippen LogP contribution in [0.3, 0.4) is 0 Å². The molecule has 2 aliphatic rings. The monoisotopic (exact) mass is 507 g/mol. The summed E-state index contributed by atoms with van der Waals surface area (Å²) in [6.07, 6.45) is 0.243. The number of nitrogens with zero attached hydrogens (tertiary/aromatic N) is 4. The van der Waals surface area contributed by atoms with E-state index >= 15 is 0 Å². The topological polar surface area (TPSA) is 141 Å². The molecule has 4 aromatic rings. The van der Waals surface area contributed by atoms with Crippen molar-refractivity contribution in [2.45, 2.75) is 36.4 Å². The number of nitrogens with two attached hydrogens (primary N) is 1. The van der Waals surface area contributed by atoms with Crippen LogP contribution in [0, 0.1) is 6.92 Å². The zero-order valence-corrected chi connectivity index (χ0v) is 20.0. The zero-order chi connectivity index (χ0) is 24.9. The molecule has 0 aliphatic carbocycles. The smallest absolute Gasteiger partial charge is 0.399 e.